The third-order valence-corrected chi connectivity index (χ3v) is 6.60. The molecule has 0 aromatic heterocycles. The van der Waals surface area contributed by atoms with Crippen LogP contribution in [0.4, 0.5) is 9.18 Å². The first-order chi connectivity index (χ1) is 15.3. The number of likely N-dealkylation sites (tertiary alicyclic amines) is 1. The van der Waals surface area contributed by atoms with Crippen LogP contribution in [-0.2, 0) is 9.59 Å². The van der Waals surface area contributed by atoms with Crippen LogP contribution in [-0.4, -0.2) is 71.8 Å². The van der Waals surface area contributed by atoms with Crippen molar-refractivity contribution in [2.75, 3.05) is 39.3 Å². The summed E-state index contributed by atoms with van der Waals surface area (Å²) >= 11 is 0. The molecule has 8 heteroatoms. The average molecular weight is 447 g/mol. The molecular formula is C24H35FN4O3. The van der Waals surface area contributed by atoms with Crippen LogP contribution in [0, 0.1) is 18.7 Å². The molecule has 0 spiro atoms. The van der Waals surface area contributed by atoms with Crippen molar-refractivity contribution < 1.29 is 18.8 Å². The van der Waals surface area contributed by atoms with Crippen LogP contribution in [0.25, 0.3) is 0 Å². The molecule has 2 heterocycles. The lowest BCUT2D eigenvalue weighted by atomic mass is 9.87. The second-order valence-corrected chi connectivity index (χ2v) is 8.87. The Balaban J connectivity index is 1.72. The highest BCUT2D eigenvalue weighted by Crippen LogP contribution is 2.35. The smallest absolute Gasteiger partial charge is 0.317 e. The van der Waals surface area contributed by atoms with E-state index in [1.54, 1.807) is 35.8 Å². The van der Waals surface area contributed by atoms with Crippen LogP contribution >= 0.6 is 0 Å². The molecule has 2 fully saturated rings. The van der Waals surface area contributed by atoms with E-state index in [0.717, 1.165) is 18.4 Å². The molecular weight excluding hydrogens is 411 g/mol. The Morgan fingerprint density at radius 3 is 2.41 bits per heavy atom. The molecule has 0 bridgehead atoms. The minimum Gasteiger partial charge on any atom is -0.339 e. The summed E-state index contributed by atoms with van der Waals surface area (Å²) in [6.07, 6.45) is 3.19. The molecule has 2 aliphatic heterocycles. The number of halogens is 1. The molecule has 3 rings (SSSR count). The fourth-order valence-electron chi connectivity index (χ4n) is 4.59. The average Bonchev–Trinajstić information content (AvgIpc) is 2.80. The molecule has 0 saturated carbocycles. The minimum atomic E-state index is -0.270. The van der Waals surface area contributed by atoms with Crippen molar-refractivity contribution in [3.63, 3.8) is 0 Å². The number of carbonyl (C=O) groups excluding carboxylic acids is 3. The molecule has 4 amide bonds. The van der Waals surface area contributed by atoms with Crippen molar-refractivity contribution in [2.45, 2.75) is 52.5 Å². The van der Waals surface area contributed by atoms with Gasteiger partial charge in [-0.15, -0.1) is 0 Å². The first kappa shape index (κ1) is 24.0. The number of piperazine rings is 1. The first-order valence-electron chi connectivity index (χ1n) is 11.7. The Bertz CT molecular complexity index is 839. The zero-order chi connectivity index (χ0) is 23.3. The Kier molecular flexibility index (Phi) is 8.10. The highest BCUT2D eigenvalue weighted by atomic mass is 19.1. The van der Waals surface area contributed by atoms with Crippen molar-refractivity contribution in [3.05, 3.63) is 35.1 Å². The molecule has 0 unspecified atom stereocenters. The van der Waals surface area contributed by atoms with Gasteiger partial charge in [-0.1, -0.05) is 25.5 Å². The van der Waals surface area contributed by atoms with Crippen LogP contribution in [0.5, 0.6) is 0 Å². The number of rotatable bonds is 5. The summed E-state index contributed by atoms with van der Waals surface area (Å²) in [5.41, 5.74) is 1.45. The van der Waals surface area contributed by atoms with E-state index >= 15 is 0 Å². The van der Waals surface area contributed by atoms with E-state index in [-0.39, 0.29) is 35.6 Å². The third kappa shape index (κ3) is 5.58. The largest absolute Gasteiger partial charge is 0.339 e. The fraction of sp³-hybridized carbons (Fsp3) is 0.625. The Labute approximate surface area is 189 Å². The number of piperidine rings is 1. The summed E-state index contributed by atoms with van der Waals surface area (Å²) in [6.45, 7) is 8.41. The van der Waals surface area contributed by atoms with Crippen molar-refractivity contribution in [2.24, 2.45) is 5.92 Å². The number of carbonyl (C=O) groups is 3. The predicted octanol–water partition coefficient (Wildman–Crippen LogP) is 3.09. The Morgan fingerprint density at radius 1 is 1.09 bits per heavy atom. The maximum absolute atomic E-state index is 13.8. The second kappa shape index (κ2) is 10.8. The molecule has 32 heavy (non-hydrogen) atoms. The van der Waals surface area contributed by atoms with Gasteiger partial charge in [-0.2, -0.15) is 0 Å². The third-order valence-electron chi connectivity index (χ3n) is 6.60. The molecule has 1 N–H and O–H groups in total. The minimum absolute atomic E-state index is 0.0297. The lowest BCUT2D eigenvalue weighted by molar-refractivity contribution is -0.142. The van der Waals surface area contributed by atoms with Crippen LogP contribution in [0.1, 0.15) is 56.7 Å². The number of unbranched alkanes of at least 4 members (excludes halogenated alkanes) is 1. The number of aryl methyl sites for hydroxylation is 1. The molecule has 1 aromatic carbocycles. The zero-order valence-corrected chi connectivity index (χ0v) is 19.4. The quantitative estimate of drug-likeness (QED) is 0.707. The highest BCUT2D eigenvalue weighted by molar-refractivity contribution is 5.82. The number of hydrogen-bond donors (Lipinski definition) is 1. The molecule has 2 atom stereocenters. The van der Waals surface area contributed by atoms with Gasteiger partial charge in [0.05, 0.1) is 12.0 Å². The first-order valence-corrected chi connectivity index (χ1v) is 11.7. The van der Waals surface area contributed by atoms with Gasteiger partial charge in [-0.25, -0.2) is 9.18 Å². The monoisotopic (exact) mass is 446 g/mol. The van der Waals surface area contributed by atoms with Crippen molar-refractivity contribution in [1.29, 1.82) is 0 Å². The van der Waals surface area contributed by atoms with Crippen LogP contribution in [0.2, 0.25) is 0 Å². The lowest BCUT2D eigenvalue weighted by Gasteiger charge is -2.42. The zero-order valence-electron chi connectivity index (χ0n) is 19.4. The SMILES string of the molecule is CCCCNC(=O)N1C[C@H](C(=O)N2CCN(C(C)=O)CC2)CC[C@H]1c1ccc(F)c(C)c1. The van der Waals surface area contributed by atoms with Gasteiger partial charge in [0, 0.05) is 46.2 Å². The van der Waals surface area contributed by atoms with Crippen LogP contribution in [0.15, 0.2) is 18.2 Å². The van der Waals surface area contributed by atoms with Gasteiger partial charge < -0.3 is 20.0 Å². The second-order valence-electron chi connectivity index (χ2n) is 8.87. The molecule has 0 radical (unpaired) electrons. The molecule has 7 nitrogen and oxygen atoms in total. The number of benzene rings is 1. The highest BCUT2D eigenvalue weighted by Gasteiger charge is 2.38. The summed E-state index contributed by atoms with van der Waals surface area (Å²) in [5, 5.41) is 2.98. The van der Waals surface area contributed by atoms with Gasteiger partial charge in [0.2, 0.25) is 11.8 Å². The lowest BCUT2D eigenvalue weighted by Crippen LogP contribution is -2.55. The number of amides is 4. The van der Waals surface area contributed by atoms with Gasteiger partial charge in [0.15, 0.2) is 0 Å². The van der Waals surface area contributed by atoms with Crippen LogP contribution in [0.3, 0.4) is 0 Å². The molecule has 1 aromatic rings. The van der Waals surface area contributed by atoms with E-state index in [4.69, 9.17) is 0 Å². The summed E-state index contributed by atoms with van der Waals surface area (Å²) in [5.74, 6) is -0.453. The number of hydrogen-bond acceptors (Lipinski definition) is 3. The Hall–Kier alpha value is -2.64. The van der Waals surface area contributed by atoms with E-state index in [1.165, 1.54) is 6.07 Å². The maximum Gasteiger partial charge on any atom is 0.317 e. The van der Waals surface area contributed by atoms with E-state index in [0.29, 0.717) is 57.7 Å². The van der Waals surface area contributed by atoms with Crippen molar-refractivity contribution in [3.8, 4) is 0 Å². The Morgan fingerprint density at radius 2 is 1.78 bits per heavy atom. The summed E-state index contributed by atoms with van der Waals surface area (Å²) in [7, 11) is 0. The van der Waals surface area contributed by atoms with E-state index in [2.05, 4.69) is 12.2 Å². The molecule has 2 saturated heterocycles. The number of urea groups is 1. The van der Waals surface area contributed by atoms with Gasteiger partial charge >= 0.3 is 6.03 Å². The maximum atomic E-state index is 13.8. The number of nitrogens with zero attached hydrogens (tertiary/aromatic N) is 3. The van der Waals surface area contributed by atoms with Crippen LogP contribution < -0.4 is 5.32 Å². The van der Waals surface area contributed by atoms with E-state index < -0.39 is 0 Å². The van der Waals surface area contributed by atoms with Gasteiger partial charge in [-0.3, -0.25) is 9.59 Å². The number of nitrogens with one attached hydrogen (secondary N) is 1. The van der Waals surface area contributed by atoms with E-state index in [9.17, 15) is 18.8 Å². The summed E-state index contributed by atoms with van der Waals surface area (Å²) in [4.78, 5) is 43.1. The fourth-order valence-corrected chi connectivity index (χ4v) is 4.59. The standard InChI is InChI=1S/C24H35FN4O3/c1-4-5-10-26-24(32)29-16-20(23(31)28-13-11-27(12-14-28)18(3)30)7-9-22(29)19-6-8-21(25)17(2)15-19/h6,8,15,20,22H,4-5,7,9-14,16H2,1-3H3,(H,26,32)/t20-,22+/m1/s1. The molecule has 2 aliphatic rings. The summed E-state index contributed by atoms with van der Waals surface area (Å²) in [6, 6.07) is 4.63. The molecule has 0 aliphatic carbocycles. The normalized spacial score (nSPS) is 21.4. The van der Waals surface area contributed by atoms with Gasteiger partial charge in [-0.05, 0) is 43.4 Å². The topological polar surface area (TPSA) is 73.0 Å². The van der Waals surface area contributed by atoms with Gasteiger partial charge in [0.1, 0.15) is 5.82 Å². The summed E-state index contributed by atoms with van der Waals surface area (Å²) < 4.78 is 13.8. The van der Waals surface area contributed by atoms with Gasteiger partial charge in [0.25, 0.3) is 0 Å². The van der Waals surface area contributed by atoms with Crippen molar-refractivity contribution >= 4 is 17.8 Å². The van der Waals surface area contributed by atoms with Crippen molar-refractivity contribution in [1.82, 2.24) is 20.0 Å². The molecule has 176 valence electrons. The van der Waals surface area contributed by atoms with E-state index in [1.807, 2.05) is 4.90 Å². The predicted molar refractivity (Wildman–Crippen MR) is 120 cm³/mol.